The van der Waals surface area contributed by atoms with Crippen molar-refractivity contribution in [2.45, 2.75) is 26.8 Å². The Balaban J connectivity index is 0.000000228. The minimum Gasteiger partial charge on any atom is -0.472 e. The first-order valence-electron chi connectivity index (χ1n) is 8.56. The minimum atomic E-state index is 0.699. The summed E-state index contributed by atoms with van der Waals surface area (Å²) in [7, 11) is 0. The fourth-order valence-corrected chi connectivity index (χ4v) is 2.49. The Morgan fingerprint density at radius 2 is 2.08 bits per heavy atom. The van der Waals surface area contributed by atoms with Gasteiger partial charge in [0.25, 0.3) is 0 Å². The maximum Gasteiger partial charge on any atom is 0.117 e. The highest BCUT2D eigenvalue weighted by atomic mass is 35.5. The van der Waals surface area contributed by atoms with Crippen LogP contribution in [0.2, 0.25) is 5.02 Å². The number of furan rings is 2. The van der Waals surface area contributed by atoms with Crippen molar-refractivity contribution >= 4 is 22.9 Å². The lowest BCUT2D eigenvalue weighted by atomic mass is 10.0. The topological polar surface area (TPSA) is 64.3 Å². The van der Waals surface area contributed by atoms with Crippen LogP contribution in [-0.2, 0) is 13.0 Å². The molecule has 3 aromatic rings. The third kappa shape index (κ3) is 6.47. The van der Waals surface area contributed by atoms with Gasteiger partial charge in [-0.05, 0) is 67.4 Å². The van der Waals surface area contributed by atoms with E-state index in [1.54, 1.807) is 24.9 Å². The van der Waals surface area contributed by atoms with E-state index in [4.69, 9.17) is 26.2 Å². The summed E-state index contributed by atoms with van der Waals surface area (Å²) in [5.74, 6) is 0.997. The highest BCUT2D eigenvalue weighted by Gasteiger charge is 2.02. The van der Waals surface area contributed by atoms with E-state index in [-0.39, 0.29) is 0 Å². The van der Waals surface area contributed by atoms with Crippen LogP contribution in [0.4, 0.5) is 5.69 Å². The number of nitrogens with two attached hydrogens (primary N) is 1. The van der Waals surface area contributed by atoms with Crippen molar-refractivity contribution in [2.24, 2.45) is 0 Å². The van der Waals surface area contributed by atoms with Gasteiger partial charge < -0.3 is 19.9 Å². The monoisotopic (exact) mass is 372 g/mol. The van der Waals surface area contributed by atoms with Crippen LogP contribution in [0, 0.1) is 0 Å². The van der Waals surface area contributed by atoms with Crippen LogP contribution >= 0.6 is 11.6 Å². The van der Waals surface area contributed by atoms with Gasteiger partial charge in [-0.3, -0.25) is 0 Å². The van der Waals surface area contributed by atoms with Gasteiger partial charge in [0.15, 0.2) is 0 Å². The summed E-state index contributed by atoms with van der Waals surface area (Å²) in [6, 6.07) is 11.3. The number of hydrogen-bond donors (Lipinski definition) is 2. The van der Waals surface area contributed by atoms with E-state index >= 15 is 0 Å². The van der Waals surface area contributed by atoms with E-state index in [1.807, 2.05) is 37.3 Å². The zero-order chi connectivity index (χ0) is 18.8. The van der Waals surface area contributed by atoms with Gasteiger partial charge >= 0.3 is 0 Å². The molecular weight excluding hydrogens is 348 g/mol. The Labute approximate surface area is 159 Å². The molecule has 0 spiro atoms. The molecule has 26 heavy (non-hydrogen) atoms. The smallest absolute Gasteiger partial charge is 0.117 e. The molecule has 0 fully saturated rings. The molecule has 0 aliphatic heterocycles. The molecule has 0 atom stereocenters. The summed E-state index contributed by atoms with van der Waals surface area (Å²) in [6.07, 6.45) is 8.05. The Bertz CT molecular complexity index is 794. The number of hydrogen-bond acceptors (Lipinski definition) is 4. The SMILES string of the molecule is C/C(=C\Cc1ccoc1)c1cc(Cl)ccc1N.CCNCc1ccco1. The molecule has 3 rings (SSSR count). The van der Waals surface area contributed by atoms with Crippen molar-refractivity contribution in [2.75, 3.05) is 12.3 Å². The van der Waals surface area contributed by atoms with E-state index in [9.17, 15) is 0 Å². The molecule has 2 heterocycles. The summed E-state index contributed by atoms with van der Waals surface area (Å²) in [5.41, 5.74) is 9.91. The van der Waals surface area contributed by atoms with Crippen LogP contribution in [0.3, 0.4) is 0 Å². The molecule has 0 aliphatic rings. The van der Waals surface area contributed by atoms with E-state index in [1.165, 1.54) is 0 Å². The largest absolute Gasteiger partial charge is 0.472 e. The number of nitrogens with one attached hydrogen (secondary N) is 1. The van der Waals surface area contributed by atoms with Crippen LogP contribution < -0.4 is 11.1 Å². The third-order valence-corrected chi connectivity index (χ3v) is 4.03. The predicted octanol–water partition coefficient (Wildman–Crippen LogP) is 5.55. The van der Waals surface area contributed by atoms with Gasteiger partial charge in [0.05, 0.1) is 25.3 Å². The molecular formula is C21H25ClN2O2. The Kier molecular flexibility index (Phi) is 8.06. The summed E-state index contributed by atoms with van der Waals surface area (Å²) < 4.78 is 10.1. The molecule has 138 valence electrons. The number of nitrogen functional groups attached to an aromatic ring is 1. The first-order chi connectivity index (χ1) is 12.6. The molecule has 1 aromatic carbocycles. The van der Waals surface area contributed by atoms with E-state index < -0.39 is 0 Å². The Morgan fingerprint density at radius 3 is 2.73 bits per heavy atom. The Morgan fingerprint density at radius 1 is 1.23 bits per heavy atom. The number of allylic oxidation sites excluding steroid dienone is 2. The van der Waals surface area contributed by atoms with Gasteiger partial charge in [-0.15, -0.1) is 0 Å². The normalized spacial score (nSPS) is 11.1. The van der Waals surface area contributed by atoms with Crippen molar-refractivity contribution in [3.05, 3.63) is 83.2 Å². The van der Waals surface area contributed by atoms with Gasteiger partial charge in [0, 0.05) is 16.3 Å². The summed E-state index contributed by atoms with van der Waals surface area (Å²) in [5, 5.41) is 3.86. The average Bonchev–Trinajstić information content (AvgIpc) is 3.34. The fourth-order valence-electron chi connectivity index (χ4n) is 2.32. The summed E-state index contributed by atoms with van der Waals surface area (Å²) in [6.45, 7) is 5.93. The predicted molar refractivity (Wildman–Crippen MR) is 108 cm³/mol. The Hall–Kier alpha value is -2.43. The first kappa shape index (κ1) is 19.9. The fraction of sp³-hybridized carbons (Fsp3) is 0.238. The molecule has 0 aliphatic carbocycles. The molecule has 0 unspecified atom stereocenters. The van der Waals surface area contributed by atoms with Gasteiger partial charge in [0.2, 0.25) is 0 Å². The average molecular weight is 373 g/mol. The minimum absolute atomic E-state index is 0.699. The molecule has 0 saturated heterocycles. The van der Waals surface area contributed by atoms with Crippen LogP contribution in [0.5, 0.6) is 0 Å². The highest BCUT2D eigenvalue weighted by Crippen LogP contribution is 2.25. The van der Waals surface area contributed by atoms with Gasteiger partial charge in [-0.1, -0.05) is 24.6 Å². The van der Waals surface area contributed by atoms with Gasteiger partial charge in [-0.2, -0.15) is 0 Å². The van der Waals surface area contributed by atoms with E-state index in [2.05, 4.69) is 18.3 Å². The maximum atomic E-state index is 5.96. The molecule has 3 N–H and O–H groups in total. The van der Waals surface area contributed by atoms with Crippen molar-refractivity contribution in [3.63, 3.8) is 0 Å². The van der Waals surface area contributed by atoms with Crippen molar-refractivity contribution < 1.29 is 8.83 Å². The second-order valence-electron chi connectivity index (χ2n) is 5.81. The molecule has 4 nitrogen and oxygen atoms in total. The summed E-state index contributed by atoms with van der Waals surface area (Å²) in [4.78, 5) is 0. The zero-order valence-corrected chi connectivity index (χ0v) is 15.9. The van der Waals surface area contributed by atoms with Crippen LogP contribution in [0.25, 0.3) is 5.57 Å². The van der Waals surface area contributed by atoms with Gasteiger partial charge in [-0.25, -0.2) is 0 Å². The molecule has 0 amide bonds. The second-order valence-corrected chi connectivity index (χ2v) is 6.25. The lowest BCUT2D eigenvalue weighted by Crippen LogP contribution is -2.10. The highest BCUT2D eigenvalue weighted by molar-refractivity contribution is 6.30. The second kappa shape index (κ2) is 10.5. The number of halogens is 1. The van der Waals surface area contributed by atoms with E-state index in [0.717, 1.165) is 47.7 Å². The molecule has 2 aromatic heterocycles. The molecule has 5 heteroatoms. The van der Waals surface area contributed by atoms with Crippen molar-refractivity contribution in [1.29, 1.82) is 0 Å². The quantitative estimate of drug-likeness (QED) is 0.557. The summed E-state index contributed by atoms with van der Waals surface area (Å²) >= 11 is 5.96. The number of rotatable bonds is 6. The third-order valence-electron chi connectivity index (χ3n) is 3.79. The van der Waals surface area contributed by atoms with Crippen LogP contribution in [0.15, 0.2) is 70.1 Å². The number of anilines is 1. The van der Waals surface area contributed by atoms with Gasteiger partial charge in [0.1, 0.15) is 5.76 Å². The molecule has 0 bridgehead atoms. The lowest BCUT2D eigenvalue weighted by molar-refractivity contribution is 0.487. The van der Waals surface area contributed by atoms with Crippen LogP contribution in [-0.4, -0.2) is 6.54 Å². The molecule has 0 radical (unpaired) electrons. The molecule has 0 saturated carbocycles. The zero-order valence-electron chi connectivity index (χ0n) is 15.2. The van der Waals surface area contributed by atoms with Crippen molar-refractivity contribution in [1.82, 2.24) is 5.32 Å². The standard InChI is InChI=1S/C14H14ClNO.C7H11NO/c1-10(2-3-11-6-7-17-9-11)13-8-12(15)4-5-14(13)16;1-2-8-6-7-4-3-5-9-7/h2,4-9H,3,16H2,1H3;3-5,8H,2,6H2,1H3/b10-2+;. The van der Waals surface area contributed by atoms with Crippen LogP contribution in [0.1, 0.15) is 30.7 Å². The van der Waals surface area contributed by atoms with Crippen molar-refractivity contribution in [3.8, 4) is 0 Å². The number of benzene rings is 1. The maximum absolute atomic E-state index is 5.96. The van der Waals surface area contributed by atoms with E-state index in [0.29, 0.717) is 5.02 Å². The lowest BCUT2D eigenvalue weighted by Gasteiger charge is -2.06. The first-order valence-corrected chi connectivity index (χ1v) is 8.94.